The summed E-state index contributed by atoms with van der Waals surface area (Å²) in [6.45, 7) is 1.59. The van der Waals surface area contributed by atoms with Gasteiger partial charge in [0.15, 0.2) is 0 Å². The Balaban J connectivity index is 3.37. The second-order valence-corrected chi connectivity index (χ2v) is 6.17. The van der Waals surface area contributed by atoms with Crippen molar-refractivity contribution in [3.05, 3.63) is 0 Å². The van der Waals surface area contributed by atoms with E-state index in [1.165, 1.54) is 49.6 Å². The van der Waals surface area contributed by atoms with Crippen LogP contribution in [0.1, 0.15) is 13.3 Å². The van der Waals surface area contributed by atoms with Crippen LogP contribution in [0.4, 0.5) is 0 Å². The molecule has 6 atom stereocenters. The third kappa shape index (κ3) is 5.37. The maximum absolute atomic E-state index is 12.4. The number of methoxy groups -OCH3 is 6. The average molecular weight is 393 g/mol. The molecule has 1 rings (SSSR count). The van der Waals surface area contributed by atoms with E-state index in [1.54, 1.807) is 0 Å². The molecule has 0 aromatic rings. The minimum Gasteiger partial charge on any atom is -0.465 e. The maximum atomic E-state index is 12.4. The number of hydrogen-bond donors (Lipinski definition) is 1. The first kappa shape index (κ1) is 23.7. The van der Waals surface area contributed by atoms with Crippen LogP contribution in [0, 0.1) is 0 Å². The quantitative estimate of drug-likeness (QED) is 0.490. The van der Waals surface area contributed by atoms with E-state index in [1.807, 2.05) is 0 Å². The summed E-state index contributed by atoms with van der Waals surface area (Å²) < 4.78 is 38.1. The van der Waals surface area contributed by atoms with E-state index in [0.717, 1.165) is 0 Å². The highest BCUT2D eigenvalue weighted by atomic mass is 16.7. The standard InChI is InChI=1S/C17H31NO9/c1-10(19)18-13-11(22-3)8-17(26-7,16(20)25-6)27-15(13)14(24-5)12(23-4)9-21-2/h11-15H,8-9H2,1-7H3,(H,18,19)/t11?,12-,13-,14-,15?,17-/m1/s1. The van der Waals surface area contributed by atoms with Crippen molar-refractivity contribution in [1.29, 1.82) is 0 Å². The van der Waals surface area contributed by atoms with Gasteiger partial charge in [-0.1, -0.05) is 0 Å². The molecule has 2 unspecified atom stereocenters. The summed E-state index contributed by atoms with van der Waals surface area (Å²) in [6.07, 6.45) is -2.68. The summed E-state index contributed by atoms with van der Waals surface area (Å²) in [5.41, 5.74) is 0. The first-order chi connectivity index (χ1) is 12.8. The molecule has 158 valence electrons. The van der Waals surface area contributed by atoms with E-state index in [4.69, 9.17) is 33.2 Å². The van der Waals surface area contributed by atoms with Crippen molar-refractivity contribution < 1.29 is 42.7 Å². The fourth-order valence-corrected chi connectivity index (χ4v) is 3.32. The highest BCUT2D eigenvalue weighted by Gasteiger charge is 2.56. The number of amides is 1. The second-order valence-electron chi connectivity index (χ2n) is 6.17. The third-order valence-electron chi connectivity index (χ3n) is 4.65. The predicted molar refractivity (Wildman–Crippen MR) is 93.1 cm³/mol. The van der Waals surface area contributed by atoms with Gasteiger partial charge < -0.3 is 38.5 Å². The van der Waals surface area contributed by atoms with Gasteiger partial charge in [0, 0.05) is 48.9 Å². The van der Waals surface area contributed by atoms with Gasteiger partial charge in [0.1, 0.15) is 18.3 Å². The van der Waals surface area contributed by atoms with Crippen LogP contribution in [0.3, 0.4) is 0 Å². The Morgan fingerprint density at radius 2 is 1.81 bits per heavy atom. The van der Waals surface area contributed by atoms with Crippen molar-refractivity contribution >= 4 is 11.9 Å². The monoisotopic (exact) mass is 393 g/mol. The van der Waals surface area contributed by atoms with Crippen LogP contribution in [0.5, 0.6) is 0 Å². The smallest absolute Gasteiger partial charge is 0.366 e. The van der Waals surface area contributed by atoms with Gasteiger partial charge in [0.2, 0.25) is 5.91 Å². The van der Waals surface area contributed by atoms with Gasteiger partial charge in [0.05, 0.1) is 25.9 Å². The summed E-state index contributed by atoms with van der Waals surface area (Å²) in [5, 5.41) is 2.81. The molecule has 1 heterocycles. The largest absolute Gasteiger partial charge is 0.465 e. The number of hydrogen-bond acceptors (Lipinski definition) is 9. The Morgan fingerprint density at radius 3 is 2.22 bits per heavy atom. The normalized spacial score (nSPS) is 30.4. The summed E-state index contributed by atoms with van der Waals surface area (Å²) in [5.74, 6) is -2.71. The molecule has 0 aliphatic carbocycles. The molecule has 1 aliphatic heterocycles. The van der Waals surface area contributed by atoms with Crippen molar-refractivity contribution in [2.45, 2.75) is 49.6 Å². The highest BCUT2D eigenvalue weighted by molar-refractivity contribution is 5.78. The number of rotatable bonds is 10. The molecule has 10 heteroatoms. The average Bonchev–Trinajstić information content (AvgIpc) is 2.67. The molecule has 0 bridgehead atoms. The fourth-order valence-electron chi connectivity index (χ4n) is 3.32. The molecule has 0 radical (unpaired) electrons. The molecule has 0 saturated carbocycles. The number of nitrogens with one attached hydrogen (secondary N) is 1. The van der Waals surface area contributed by atoms with Crippen LogP contribution >= 0.6 is 0 Å². The van der Waals surface area contributed by atoms with E-state index in [2.05, 4.69) is 5.32 Å². The Hall–Kier alpha value is -1.30. The van der Waals surface area contributed by atoms with Crippen molar-refractivity contribution in [3.8, 4) is 0 Å². The zero-order valence-corrected chi connectivity index (χ0v) is 17.0. The number of carbonyl (C=O) groups excluding carboxylic acids is 2. The molecule has 0 spiro atoms. The van der Waals surface area contributed by atoms with Gasteiger partial charge in [0.25, 0.3) is 5.79 Å². The molecule has 27 heavy (non-hydrogen) atoms. The molecule has 1 saturated heterocycles. The lowest BCUT2D eigenvalue weighted by atomic mass is 9.88. The van der Waals surface area contributed by atoms with Crippen molar-refractivity contribution in [1.82, 2.24) is 5.32 Å². The zero-order chi connectivity index (χ0) is 20.6. The Bertz CT molecular complexity index is 489. The zero-order valence-electron chi connectivity index (χ0n) is 17.0. The minimum absolute atomic E-state index is 0.0203. The highest BCUT2D eigenvalue weighted by Crippen LogP contribution is 2.35. The SMILES string of the molecule is COC[C@@H](OC)[C@@H](OC)C1O[C@@](OC)(C(=O)OC)CC(OC)[C@H]1NC(C)=O. The van der Waals surface area contributed by atoms with Gasteiger partial charge >= 0.3 is 5.97 Å². The van der Waals surface area contributed by atoms with Gasteiger partial charge in [-0.2, -0.15) is 0 Å². The van der Waals surface area contributed by atoms with E-state index < -0.39 is 42.2 Å². The second kappa shape index (κ2) is 10.9. The minimum atomic E-state index is -1.71. The number of ether oxygens (including phenoxy) is 7. The molecule has 0 aromatic heterocycles. The van der Waals surface area contributed by atoms with Crippen LogP contribution in [0.25, 0.3) is 0 Å². The summed E-state index contributed by atoms with van der Waals surface area (Å²) in [7, 11) is 8.55. The molecule has 1 amide bonds. The first-order valence-electron chi connectivity index (χ1n) is 8.49. The summed E-state index contributed by atoms with van der Waals surface area (Å²) >= 11 is 0. The van der Waals surface area contributed by atoms with Crippen LogP contribution in [-0.4, -0.2) is 97.4 Å². The number of esters is 1. The van der Waals surface area contributed by atoms with Crippen LogP contribution in [-0.2, 0) is 42.7 Å². The molecular formula is C17H31NO9. The van der Waals surface area contributed by atoms with Gasteiger partial charge in [-0.05, 0) is 0 Å². The number of carbonyl (C=O) groups is 2. The Morgan fingerprint density at radius 1 is 1.15 bits per heavy atom. The lowest BCUT2D eigenvalue weighted by Gasteiger charge is -2.48. The lowest BCUT2D eigenvalue weighted by Crippen LogP contribution is -2.68. The van der Waals surface area contributed by atoms with Crippen molar-refractivity contribution in [3.63, 3.8) is 0 Å². The van der Waals surface area contributed by atoms with Crippen molar-refractivity contribution in [2.24, 2.45) is 0 Å². The summed E-state index contributed by atoms with van der Waals surface area (Å²) in [4.78, 5) is 24.2. The predicted octanol–water partition coefficient (Wildman–Crippen LogP) is -0.513. The fraction of sp³-hybridized carbons (Fsp3) is 0.882. The van der Waals surface area contributed by atoms with E-state index in [9.17, 15) is 9.59 Å². The molecule has 1 fully saturated rings. The van der Waals surface area contributed by atoms with E-state index in [0.29, 0.717) is 0 Å². The van der Waals surface area contributed by atoms with Crippen LogP contribution in [0.15, 0.2) is 0 Å². The van der Waals surface area contributed by atoms with Gasteiger partial charge in [-0.25, -0.2) is 4.79 Å². The molecule has 0 aromatic carbocycles. The topological polar surface area (TPSA) is 111 Å². The van der Waals surface area contributed by atoms with Crippen LogP contribution < -0.4 is 5.32 Å². The molecule has 10 nitrogen and oxygen atoms in total. The van der Waals surface area contributed by atoms with E-state index in [-0.39, 0.29) is 18.9 Å². The summed E-state index contributed by atoms with van der Waals surface area (Å²) in [6, 6.07) is -0.625. The van der Waals surface area contributed by atoms with Crippen LogP contribution in [0.2, 0.25) is 0 Å². The molecule has 1 aliphatic rings. The maximum Gasteiger partial charge on any atom is 0.366 e. The van der Waals surface area contributed by atoms with Gasteiger partial charge in [-0.3, -0.25) is 4.79 Å². The first-order valence-corrected chi connectivity index (χ1v) is 8.49. The lowest BCUT2D eigenvalue weighted by molar-refractivity contribution is -0.309. The Labute approximate surface area is 159 Å². The third-order valence-corrected chi connectivity index (χ3v) is 4.65. The van der Waals surface area contributed by atoms with E-state index >= 15 is 0 Å². The van der Waals surface area contributed by atoms with Crippen molar-refractivity contribution in [2.75, 3.05) is 49.3 Å². The van der Waals surface area contributed by atoms with Gasteiger partial charge in [-0.15, -0.1) is 0 Å². The molecular weight excluding hydrogens is 362 g/mol. The molecule has 1 N–H and O–H groups in total. The Kier molecular flexibility index (Phi) is 9.57.